The van der Waals surface area contributed by atoms with Gasteiger partial charge in [0.15, 0.2) is 0 Å². The zero-order valence-electron chi connectivity index (χ0n) is 17.0. The van der Waals surface area contributed by atoms with Crippen LogP contribution in [0.1, 0.15) is 18.9 Å². The van der Waals surface area contributed by atoms with E-state index in [9.17, 15) is 9.90 Å². The first-order chi connectivity index (χ1) is 14.6. The zero-order chi connectivity index (χ0) is 20.9. The van der Waals surface area contributed by atoms with Crippen LogP contribution in [-0.4, -0.2) is 29.7 Å². The number of aromatic hydroxyl groups is 1. The van der Waals surface area contributed by atoms with Crippen molar-refractivity contribution in [2.24, 2.45) is 0 Å². The number of ether oxygens (including phenoxy) is 1. The van der Waals surface area contributed by atoms with E-state index in [-0.39, 0.29) is 5.43 Å². The van der Waals surface area contributed by atoms with E-state index in [2.05, 4.69) is 11.8 Å². The van der Waals surface area contributed by atoms with Crippen LogP contribution in [0.4, 0.5) is 0 Å². The number of phenols is 1. The Morgan fingerprint density at radius 1 is 0.967 bits per heavy atom. The van der Waals surface area contributed by atoms with Crippen LogP contribution < -0.4 is 10.2 Å². The molecule has 4 aromatic rings. The minimum atomic E-state index is -0.0241. The van der Waals surface area contributed by atoms with E-state index in [1.54, 1.807) is 36.4 Å². The van der Waals surface area contributed by atoms with Gasteiger partial charge in [-0.2, -0.15) is 0 Å². The Morgan fingerprint density at radius 2 is 1.80 bits per heavy atom. The molecule has 0 atom stereocenters. The average Bonchev–Trinajstić information content (AvgIpc) is 2.76. The monoisotopic (exact) mass is 403 g/mol. The lowest BCUT2D eigenvalue weighted by Crippen LogP contribution is -2.25. The molecule has 0 fully saturated rings. The van der Waals surface area contributed by atoms with Crippen molar-refractivity contribution in [3.63, 3.8) is 0 Å². The minimum absolute atomic E-state index is 0.0241. The lowest BCUT2D eigenvalue weighted by Gasteiger charge is -2.20. The van der Waals surface area contributed by atoms with Crippen LogP contribution in [0.15, 0.2) is 75.9 Å². The van der Waals surface area contributed by atoms with E-state index in [0.717, 1.165) is 31.6 Å². The lowest BCUT2D eigenvalue weighted by molar-refractivity contribution is 0.236. The van der Waals surface area contributed by atoms with Crippen molar-refractivity contribution in [2.75, 3.05) is 19.7 Å². The molecule has 0 saturated heterocycles. The van der Waals surface area contributed by atoms with Gasteiger partial charge in [0, 0.05) is 19.2 Å². The first-order valence-electron chi connectivity index (χ1n) is 10.2. The predicted molar refractivity (Wildman–Crippen MR) is 119 cm³/mol. The summed E-state index contributed by atoms with van der Waals surface area (Å²) in [5.41, 5.74) is 2.19. The maximum absolute atomic E-state index is 12.6. The third-order valence-electron chi connectivity index (χ3n) is 5.20. The van der Waals surface area contributed by atoms with Gasteiger partial charge >= 0.3 is 0 Å². The normalized spacial score (nSPS) is 11.4. The van der Waals surface area contributed by atoms with Gasteiger partial charge in [-0.05, 0) is 54.9 Å². The molecule has 1 N–H and O–H groups in total. The summed E-state index contributed by atoms with van der Waals surface area (Å²) in [6, 6.07) is 20.0. The van der Waals surface area contributed by atoms with Gasteiger partial charge in [0.1, 0.15) is 22.7 Å². The fourth-order valence-electron chi connectivity index (χ4n) is 3.61. The molecular weight excluding hydrogens is 378 g/mol. The lowest BCUT2D eigenvalue weighted by atomic mass is 10.1. The van der Waals surface area contributed by atoms with Crippen molar-refractivity contribution < 1.29 is 14.3 Å². The quantitative estimate of drug-likeness (QED) is 0.333. The van der Waals surface area contributed by atoms with E-state index in [1.807, 2.05) is 30.3 Å². The molecule has 5 heteroatoms. The highest BCUT2D eigenvalue weighted by Crippen LogP contribution is 2.23. The molecule has 1 aromatic heterocycles. The van der Waals surface area contributed by atoms with Crippen molar-refractivity contribution in [3.05, 3.63) is 82.5 Å². The van der Waals surface area contributed by atoms with Gasteiger partial charge in [0.2, 0.25) is 5.43 Å². The molecular formula is C25H25NO4. The Kier molecular flexibility index (Phi) is 6.00. The topological polar surface area (TPSA) is 62.9 Å². The molecule has 0 amide bonds. The highest BCUT2D eigenvalue weighted by molar-refractivity contribution is 5.90. The molecule has 1 heterocycles. The first-order valence-corrected chi connectivity index (χ1v) is 10.2. The van der Waals surface area contributed by atoms with E-state index >= 15 is 0 Å². The molecule has 0 aliphatic carbocycles. The second-order valence-electron chi connectivity index (χ2n) is 7.33. The summed E-state index contributed by atoms with van der Waals surface area (Å²) >= 11 is 0. The Balaban J connectivity index is 1.37. The smallest absolute Gasteiger partial charge is 0.200 e. The summed E-state index contributed by atoms with van der Waals surface area (Å²) in [7, 11) is 0. The molecule has 0 spiro atoms. The van der Waals surface area contributed by atoms with Gasteiger partial charge in [-0.15, -0.1) is 0 Å². The summed E-state index contributed by atoms with van der Waals surface area (Å²) in [5, 5.41) is 10.8. The van der Waals surface area contributed by atoms with Crippen LogP contribution in [-0.2, 0) is 6.54 Å². The molecule has 154 valence electrons. The van der Waals surface area contributed by atoms with Crippen molar-refractivity contribution in [1.29, 1.82) is 0 Å². The fourth-order valence-corrected chi connectivity index (χ4v) is 3.61. The first kappa shape index (κ1) is 20.0. The Morgan fingerprint density at radius 3 is 2.63 bits per heavy atom. The summed E-state index contributed by atoms with van der Waals surface area (Å²) in [4.78, 5) is 14.9. The molecule has 0 radical (unpaired) electrons. The molecule has 4 rings (SSSR count). The van der Waals surface area contributed by atoms with Gasteiger partial charge in [-0.25, -0.2) is 0 Å². The molecule has 30 heavy (non-hydrogen) atoms. The number of benzene rings is 3. The van der Waals surface area contributed by atoms with E-state index in [4.69, 9.17) is 9.15 Å². The maximum atomic E-state index is 12.6. The zero-order valence-corrected chi connectivity index (χ0v) is 17.0. The van der Waals surface area contributed by atoms with Crippen molar-refractivity contribution in [1.82, 2.24) is 4.90 Å². The highest BCUT2D eigenvalue weighted by atomic mass is 16.5. The highest BCUT2D eigenvalue weighted by Gasteiger charge is 2.09. The van der Waals surface area contributed by atoms with Crippen LogP contribution in [0.5, 0.6) is 11.5 Å². The predicted octanol–water partition coefficient (Wildman–Crippen LogP) is 4.94. The summed E-state index contributed by atoms with van der Waals surface area (Å²) in [6.07, 6.45) is 0.867. The summed E-state index contributed by atoms with van der Waals surface area (Å²) < 4.78 is 11.8. The van der Waals surface area contributed by atoms with Gasteiger partial charge in [-0.3, -0.25) is 9.69 Å². The van der Waals surface area contributed by atoms with Gasteiger partial charge in [0.25, 0.3) is 0 Å². The number of fused-ring (bicyclic) bond motifs is 2. The summed E-state index contributed by atoms with van der Waals surface area (Å²) in [5.74, 6) is 0.986. The number of phenolic OH excluding ortho intramolecular Hbond substituents is 1. The third-order valence-corrected chi connectivity index (χ3v) is 5.20. The SMILES string of the molecule is CCN(CCCOc1ccc2c(=O)c3ccccc3oc2c1)Cc1cccc(O)c1. The molecule has 5 nitrogen and oxygen atoms in total. The third kappa shape index (κ3) is 4.47. The maximum Gasteiger partial charge on any atom is 0.200 e. The second kappa shape index (κ2) is 9.01. The van der Waals surface area contributed by atoms with Crippen molar-refractivity contribution in [3.8, 4) is 11.5 Å². The van der Waals surface area contributed by atoms with E-state index in [1.165, 1.54) is 0 Å². The van der Waals surface area contributed by atoms with Crippen LogP contribution in [0.3, 0.4) is 0 Å². The number of hydrogen-bond acceptors (Lipinski definition) is 5. The van der Waals surface area contributed by atoms with E-state index in [0.29, 0.717) is 40.0 Å². The Bertz CT molecular complexity index is 1210. The second-order valence-corrected chi connectivity index (χ2v) is 7.33. The molecule has 0 unspecified atom stereocenters. The molecule has 0 saturated carbocycles. The molecule has 0 aliphatic heterocycles. The van der Waals surface area contributed by atoms with Crippen LogP contribution >= 0.6 is 0 Å². The van der Waals surface area contributed by atoms with Crippen molar-refractivity contribution in [2.45, 2.75) is 19.9 Å². The van der Waals surface area contributed by atoms with Gasteiger partial charge in [0.05, 0.1) is 17.4 Å². The van der Waals surface area contributed by atoms with E-state index < -0.39 is 0 Å². The number of para-hydroxylation sites is 1. The Labute approximate surface area is 175 Å². The van der Waals surface area contributed by atoms with Gasteiger partial charge in [-0.1, -0.05) is 31.2 Å². The van der Waals surface area contributed by atoms with Crippen LogP contribution in [0.2, 0.25) is 0 Å². The number of nitrogens with zero attached hydrogens (tertiary/aromatic N) is 1. The molecule has 0 bridgehead atoms. The average molecular weight is 403 g/mol. The minimum Gasteiger partial charge on any atom is -0.508 e. The van der Waals surface area contributed by atoms with Crippen LogP contribution in [0, 0.1) is 0 Å². The Hall–Kier alpha value is -3.31. The van der Waals surface area contributed by atoms with Crippen molar-refractivity contribution >= 4 is 21.9 Å². The number of rotatable bonds is 8. The molecule has 0 aliphatic rings. The largest absolute Gasteiger partial charge is 0.508 e. The number of hydrogen-bond donors (Lipinski definition) is 1. The summed E-state index contributed by atoms with van der Waals surface area (Å²) in [6.45, 7) is 5.29. The van der Waals surface area contributed by atoms with Crippen LogP contribution in [0.25, 0.3) is 21.9 Å². The standard InChI is InChI=1S/C25H25NO4/c1-2-26(17-18-7-5-8-19(27)15-18)13-6-14-29-20-11-12-22-24(16-20)30-23-10-4-3-9-21(23)25(22)28/h3-5,7-12,15-16,27H,2,6,13-14,17H2,1H3. The fraction of sp³-hybridized carbons (Fsp3) is 0.240. The molecule has 3 aromatic carbocycles. The van der Waals surface area contributed by atoms with Gasteiger partial charge < -0.3 is 14.3 Å².